The summed E-state index contributed by atoms with van der Waals surface area (Å²) in [6, 6.07) is 9.24. The number of nitrogens with two attached hydrogens (primary N) is 1. The lowest BCUT2D eigenvalue weighted by atomic mass is 10.1. The highest BCUT2D eigenvalue weighted by molar-refractivity contribution is 7.98. The fraction of sp³-hybridized carbons (Fsp3) is 0.571. The Balaban J connectivity index is 2.46. The zero-order chi connectivity index (χ0) is 12.7. The first-order valence-corrected chi connectivity index (χ1v) is 7.53. The van der Waals surface area contributed by atoms with Crippen LogP contribution in [0.2, 0.25) is 0 Å². The van der Waals surface area contributed by atoms with Crippen LogP contribution in [0.25, 0.3) is 0 Å². The van der Waals surface area contributed by atoms with Crippen molar-refractivity contribution in [1.82, 2.24) is 4.90 Å². The molecule has 1 aromatic carbocycles. The van der Waals surface area contributed by atoms with Crippen molar-refractivity contribution < 1.29 is 0 Å². The Labute approximate surface area is 110 Å². The van der Waals surface area contributed by atoms with E-state index in [1.165, 1.54) is 23.3 Å². The van der Waals surface area contributed by atoms with Crippen LogP contribution in [0.3, 0.4) is 0 Å². The first kappa shape index (κ1) is 14.6. The maximum atomic E-state index is 5.59. The summed E-state index contributed by atoms with van der Waals surface area (Å²) in [4.78, 5) is 2.41. The zero-order valence-corrected chi connectivity index (χ0v) is 12.0. The molecule has 1 unspecified atom stereocenters. The molecular weight excluding hydrogens is 228 g/mol. The molecular formula is C14H24N2S. The van der Waals surface area contributed by atoms with Crippen molar-refractivity contribution in [1.29, 1.82) is 0 Å². The number of hydrogen-bond acceptors (Lipinski definition) is 3. The molecule has 0 saturated heterocycles. The third-order valence-corrected chi connectivity index (χ3v) is 3.83. The molecule has 2 N–H and O–H groups in total. The van der Waals surface area contributed by atoms with Crippen molar-refractivity contribution in [3.63, 3.8) is 0 Å². The fourth-order valence-corrected chi connectivity index (χ4v) is 2.31. The summed E-state index contributed by atoms with van der Waals surface area (Å²) < 4.78 is 0. The normalized spacial score (nSPS) is 13.0. The van der Waals surface area contributed by atoms with Crippen molar-refractivity contribution in [2.75, 3.05) is 19.1 Å². The smallest absolute Gasteiger partial charge is 0.0233 e. The highest BCUT2D eigenvalue weighted by Crippen LogP contribution is 2.11. The lowest BCUT2D eigenvalue weighted by molar-refractivity contribution is 0.245. The van der Waals surface area contributed by atoms with Crippen LogP contribution in [-0.2, 0) is 13.1 Å². The van der Waals surface area contributed by atoms with E-state index in [1.54, 1.807) is 0 Å². The highest BCUT2D eigenvalue weighted by atomic mass is 32.2. The van der Waals surface area contributed by atoms with Gasteiger partial charge in [-0.2, -0.15) is 11.8 Å². The van der Waals surface area contributed by atoms with Gasteiger partial charge in [-0.25, -0.2) is 0 Å². The van der Waals surface area contributed by atoms with Gasteiger partial charge < -0.3 is 5.73 Å². The summed E-state index contributed by atoms with van der Waals surface area (Å²) in [5, 5.41) is 0. The van der Waals surface area contributed by atoms with E-state index < -0.39 is 0 Å². The van der Waals surface area contributed by atoms with Crippen LogP contribution in [0.1, 0.15) is 24.5 Å². The van der Waals surface area contributed by atoms with E-state index in [0.29, 0.717) is 12.6 Å². The molecule has 0 aromatic heterocycles. The van der Waals surface area contributed by atoms with Gasteiger partial charge in [0.05, 0.1) is 0 Å². The van der Waals surface area contributed by atoms with Crippen LogP contribution < -0.4 is 5.73 Å². The van der Waals surface area contributed by atoms with Crippen LogP contribution in [0, 0.1) is 0 Å². The predicted octanol–water partition coefficient (Wildman–Crippen LogP) is 2.72. The van der Waals surface area contributed by atoms with Gasteiger partial charge in [-0.05, 0) is 43.5 Å². The Bertz CT molecular complexity index is 311. The molecule has 0 heterocycles. The Morgan fingerprint density at radius 1 is 1.24 bits per heavy atom. The quantitative estimate of drug-likeness (QED) is 0.809. The van der Waals surface area contributed by atoms with E-state index in [2.05, 4.69) is 49.4 Å². The molecule has 17 heavy (non-hydrogen) atoms. The molecule has 0 fully saturated rings. The summed E-state index contributed by atoms with van der Waals surface area (Å²) in [6.45, 7) is 3.94. The molecule has 1 aromatic rings. The summed E-state index contributed by atoms with van der Waals surface area (Å²) in [5.41, 5.74) is 8.15. The SMILES string of the molecule is CSCCC(C)N(C)Cc1ccc(CN)cc1. The summed E-state index contributed by atoms with van der Waals surface area (Å²) >= 11 is 1.92. The zero-order valence-electron chi connectivity index (χ0n) is 11.1. The molecule has 2 nitrogen and oxygen atoms in total. The third kappa shape index (κ3) is 5.11. The molecule has 0 aliphatic rings. The topological polar surface area (TPSA) is 29.3 Å². The van der Waals surface area contributed by atoms with Crippen molar-refractivity contribution in [2.24, 2.45) is 5.73 Å². The highest BCUT2D eigenvalue weighted by Gasteiger charge is 2.08. The molecule has 1 atom stereocenters. The summed E-state index contributed by atoms with van der Waals surface area (Å²) in [6.07, 6.45) is 3.41. The largest absolute Gasteiger partial charge is 0.326 e. The number of hydrogen-bond donors (Lipinski definition) is 1. The summed E-state index contributed by atoms with van der Waals surface area (Å²) in [5.74, 6) is 1.23. The molecule has 96 valence electrons. The molecule has 0 radical (unpaired) electrons. The average molecular weight is 252 g/mol. The lowest BCUT2D eigenvalue weighted by Gasteiger charge is -2.24. The third-order valence-electron chi connectivity index (χ3n) is 3.18. The molecule has 0 saturated carbocycles. The van der Waals surface area contributed by atoms with Crippen LogP contribution in [0.15, 0.2) is 24.3 Å². The van der Waals surface area contributed by atoms with Crippen LogP contribution in [0.5, 0.6) is 0 Å². The van der Waals surface area contributed by atoms with Gasteiger partial charge in [0.2, 0.25) is 0 Å². The summed E-state index contributed by atoms with van der Waals surface area (Å²) in [7, 11) is 2.20. The first-order chi connectivity index (χ1) is 8.17. The molecule has 0 bridgehead atoms. The number of benzene rings is 1. The minimum absolute atomic E-state index is 0.625. The van der Waals surface area contributed by atoms with Crippen LogP contribution in [0.4, 0.5) is 0 Å². The van der Waals surface area contributed by atoms with Gasteiger partial charge in [0.25, 0.3) is 0 Å². The lowest BCUT2D eigenvalue weighted by Crippen LogP contribution is -2.29. The van der Waals surface area contributed by atoms with Crippen molar-refractivity contribution in [3.8, 4) is 0 Å². The van der Waals surface area contributed by atoms with Crippen LogP contribution in [-0.4, -0.2) is 30.0 Å². The van der Waals surface area contributed by atoms with Gasteiger partial charge in [0.1, 0.15) is 0 Å². The second kappa shape index (κ2) is 7.75. The molecule has 3 heteroatoms. The second-order valence-electron chi connectivity index (χ2n) is 4.57. The Kier molecular flexibility index (Phi) is 6.63. The number of nitrogens with zero attached hydrogens (tertiary/aromatic N) is 1. The number of thioether (sulfide) groups is 1. The minimum Gasteiger partial charge on any atom is -0.326 e. The van der Waals surface area contributed by atoms with Gasteiger partial charge >= 0.3 is 0 Å². The second-order valence-corrected chi connectivity index (χ2v) is 5.55. The molecule has 0 aliphatic heterocycles. The van der Waals surface area contributed by atoms with Gasteiger partial charge in [0.15, 0.2) is 0 Å². The monoisotopic (exact) mass is 252 g/mol. The van der Waals surface area contributed by atoms with Gasteiger partial charge in [-0.15, -0.1) is 0 Å². The molecule has 0 spiro atoms. The predicted molar refractivity (Wildman–Crippen MR) is 78.3 cm³/mol. The number of rotatable bonds is 7. The van der Waals surface area contributed by atoms with E-state index in [0.717, 1.165) is 6.54 Å². The molecule has 0 amide bonds. The Hall–Kier alpha value is -0.510. The first-order valence-electron chi connectivity index (χ1n) is 6.14. The van der Waals surface area contributed by atoms with Crippen molar-refractivity contribution in [3.05, 3.63) is 35.4 Å². The molecule has 0 aliphatic carbocycles. The average Bonchev–Trinajstić information content (AvgIpc) is 2.36. The molecule has 1 rings (SSSR count). The van der Waals surface area contributed by atoms with E-state index >= 15 is 0 Å². The standard InChI is InChI=1S/C14H24N2S/c1-12(8-9-17-3)16(2)11-14-6-4-13(10-15)5-7-14/h4-7,12H,8-11,15H2,1-3H3. The Morgan fingerprint density at radius 3 is 2.35 bits per heavy atom. The minimum atomic E-state index is 0.625. The Morgan fingerprint density at radius 2 is 1.82 bits per heavy atom. The van der Waals surface area contributed by atoms with Crippen molar-refractivity contribution >= 4 is 11.8 Å². The van der Waals surface area contributed by atoms with Gasteiger partial charge in [0, 0.05) is 19.1 Å². The van der Waals surface area contributed by atoms with Crippen molar-refractivity contribution in [2.45, 2.75) is 32.5 Å². The van der Waals surface area contributed by atoms with Gasteiger partial charge in [-0.3, -0.25) is 4.90 Å². The fourth-order valence-electron chi connectivity index (χ4n) is 1.73. The van der Waals surface area contributed by atoms with E-state index in [1.807, 2.05) is 11.8 Å². The maximum Gasteiger partial charge on any atom is 0.0233 e. The van der Waals surface area contributed by atoms with E-state index in [9.17, 15) is 0 Å². The van der Waals surface area contributed by atoms with E-state index in [4.69, 9.17) is 5.73 Å². The maximum absolute atomic E-state index is 5.59. The van der Waals surface area contributed by atoms with Gasteiger partial charge in [-0.1, -0.05) is 24.3 Å². The van der Waals surface area contributed by atoms with E-state index in [-0.39, 0.29) is 0 Å². The van der Waals surface area contributed by atoms with Crippen LogP contribution >= 0.6 is 11.8 Å².